The minimum absolute atomic E-state index is 0.428. The zero-order valence-corrected chi connectivity index (χ0v) is 13.9. The Balaban J connectivity index is 1.75. The Hall–Kier alpha value is -0.380. The van der Waals surface area contributed by atoms with Crippen molar-refractivity contribution in [1.82, 2.24) is 10.2 Å². The van der Waals surface area contributed by atoms with Crippen molar-refractivity contribution in [3.05, 3.63) is 21.9 Å². The highest BCUT2D eigenvalue weighted by Crippen LogP contribution is 2.35. The maximum absolute atomic E-state index is 3.91. The molecule has 1 saturated heterocycles. The molecule has 2 aliphatic rings. The predicted molar refractivity (Wildman–Crippen MR) is 87.3 cm³/mol. The molecule has 2 nitrogen and oxygen atoms in total. The third-order valence-corrected chi connectivity index (χ3v) is 6.13. The Morgan fingerprint density at radius 2 is 2.10 bits per heavy atom. The van der Waals surface area contributed by atoms with Gasteiger partial charge in [-0.25, -0.2) is 0 Å². The highest BCUT2D eigenvalue weighted by atomic mass is 32.1. The first kappa shape index (κ1) is 14.6. The van der Waals surface area contributed by atoms with Crippen molar-refractivity contribution >= 4 is 11.3 Å². The van der Waals surface area contributed by atoms with Gasteiger partial charge in [0.25, 0.3) is 0 Å². The van der Waals surface area contributed by atoms with Gasteiger partial charge < -0.3 is 5.32 Å². The van der Waals surface area contributed by atoms with Crippen molar-refractivity contribution in [1.29, 1.82) is 0 Å². The molecule has 1 unspecified atom stereocenters. The molecular formula is C17H28N2S. The maximum Gasteiger partial charge on any atom is 0.0332 e. The fourth-order valence-corrected chi connectivity index (χ4v) is 4.92. The van der Waals surface area contributed by atoms with Crippen molar-refractivity contribution in [2.24, 2.45) is 5.92 Å². The van der Waals surface area contributed by atoms with E-state index in [9.17, 15) is 0 Å². The molecule has 1 aliphatic carbocycles. The van der Waals surface area contributed by atoms with E-state index < -0.39 is 0 Å². The summed E-state index contributed by atoms with van der Waals surface area (Å²) in [6.07, 6.45) is 5.56. The van der Waals surface area contributed by atoms with E-state index >= 15 is 0 Å². The van der Waals surface area contributed by atoms with E-state index in [1.165, 1.54) is 48.5 Å². The Morgan fingerprint density at radius 1 is 1.35 bits per heavy atom. The Morgan fingerprint density at radius 3 is 2.70 bits per heavy atom. The average Bonchev–Trinajstić information content (AvgIpc) is 2.99. The van der Waals surface area contributed by atoms with Crippen LogP contribution in [0.5, 0.6) is 0 Å². The van der Waals surface area contributed by atoms with E-state index in [1.807, 2.05) is 11.3 Å². The van der Waals surface area contributed by atoms with Crippen LogP contribution >= 0.6 is 11.3 Å². The van der Waals surface area contributed by atoms with Crippen LogP contribution in [0, 0.1) is 12.8 Å². The smallest absolute Gasteiger partial charge is 0.0332 e. The van der Waals surface area contributed by atoms with Gasteiger partial charge in [0.2, 0.25) is 0 Å². The van der Waals surface area contributed by atoms with Crippen LogP contribution in [-0.4, -0.2) is 29.6 Å². The topological polar surface area (TPSA) is 15.3 Å². The molecule has 1 atom stereocenters. The summed E-state index contributed by atoms with van der Waals surface area (Å²) in [6, 6.07) is 5.27. The second-order valence-corrected chi connectivity index (χ2v) is 8.47. The number of thiophene rings is 1. The minimum Gasteiger partial charge on any atom is -0.308 e. The van der Waals surface area contributed by atoms with E-state index in [0.717, 1.165) is 12.5 Å². The number of piperazine rings is 1. The summed E-state index contributed by atoms with van der Waals surface area (Å²) >= 11 is 1.96. The lowest BCUT2D eigenvalue weighted by molar-refractivity contribution is 0.0515. The van der Waals surface area contributed by atoms with Gasteiger partial charge in [0.15, 0.2) is 0 Å². The number of nitrogens with one attached hydrogen (secondary N) is 1. The van der Waals surface area contributed by atoms with Gasteiger partial charge in [0.1, 0.15) is 0 Å². The second kappa shape index (κ2) is 5.78. The lowest BCUT2D eigenvalue weighted by atomic mass is 9.89. The summed E-state index contributed by atoms with van der Waals surface area (Å²) in [5, 5.41) is 3.91. The van der Waals surface area contributed by atoms with Crippen LogP contribution in [0.1, 0.15) is 49.3 Å². The Kier molecular flexibility index (Phi) is 4.21. The Labute approximate surface area is 127 Å². The van der Waals surface area contributed by atoms with Crippen molar-refractivity contribution < 1.29 is 0 Å². The average molecular weight is 292 g/mol. The lowest BCUT2D eigenvalue weighted by Crippen LogP contribution is -2.63. The maximum atomic E-state index is 3.91. The number of rotatable bonds is 3. The van der Waals surface area contributed by atoms with Gasteiger partial charge in [-0.3, -0.25) is 4.90 Å². The SMILES string of the molecule is Cc1ccc(CN2CC3(CCCC3)NCC2C(C)C)s1. The van der Waals surface area contributed by atoms with Gasteiger partial charge in [-0.05, 0) is 37.8 Å². The highest BCUT2D eigenvalue weighted by molar-refractivity contribution is 7.11. The van der Waals surface area contributed by atoms with Crippen LogP contribution in [0.25, 0.3) is 0 Å². The molecule has 0 bridgehead atoms. The van der Waals surface area contributed by atoms with E-state index in [1.54, 1.807) is 0 Å². The van der Waals surface area contributed by atoms with E-state index in [2.05, 4.69) is 43.1 Å². The number of nitrogens with zero attached hydrogens (tertiary/aromatic N) is 1. The van der Waals surface area contributed by atoms with E-state index in [0.29, 0.717) is 11.6 Å². The van der Waals surface area contributed by atoms with Crippen LogP contribution in [-0.2, 0) is 6.54 Å². The van der Waals surface area contributed by atoms with Crippen LogP contribution in [0.2, 0.25) is 0 Å². The first-order valence-corrected chi connectivity index (χ1v) is 8.94. The molecule has 0 aromatic carbocycles. The number of hydrogen-bond donors (Lipinski definition) is 1. The summed E-state index contributed by atoms with van der Waals surface area (Å²) in [7, 11) is 0. The van der Waals surface area contributed by atoms with Crippen molar-refractivity contribution in [3.8, 4) is 0 Å². The summed E-state index contributed by atoms with van der Waals surface area (Å²) in [5.74, 6) is 0.724. The lowest BCUT2D eigenvalue weighted by Gasteiger charge is -2.47. The van der Waals surface area contributed by atoms with Crippen molar-refractivity contribution in [2.45, 2.75) is 64.6 Å². The molecule has 1 saturated carbocycles. The molecule has 1 aliphatic heterocycles. The van der Waals surface area contributed by atoms with Gasteiger partial charge in [0, 0.05) is 41.0 Å². The molecule has 2 fully saturated rings. The fourth-order valence-electron chi connectivity index (χ4n) is 4.00. The van der Waals surface area contributed by atoms with Crippen LogP contribution in [0.3, 0.4) is 0 Å². The minimum atomic E-state index is 0.428. The summed E-state index contributed by atoms with van der Waals surface area (Å²) in [6.45, 7) is 10.5. The zero-order chi connectivity index (χ0) is 14.2. The van der Waals surface area contributed by atoms with E-state index in [4.69, 9.17) is 0 Å². The van der Waals surface area contributed by atoms with Gasteiger partial charge in [-0.15, -0.1) is 11.3 Å². The molecule has 2 heterocycles. The van der Waals surface area contributed by atoms with Gasteiger partial charge in [0.05, 0.1) is 0 Å². The monoisotopic (exact) mass is 292 g/mol. The van der Waals surface area contributed by atoms with Crippen molar-refractivity contribution in [3.63, 3.8) is 0 Å². The van der Waals surface area contributed by atoms with Gasteiger partial charge in [-0.1, -0.05) is 26.7 Å². The van der Waals surface area contributed by atoms with Crippen LogP contribution < -0.4 is 5.32 Å². The molecule has 112 valence electrons. The fraction of sp³-hybridized carbons (Fsp3) is 0.765. The van der Waals surface area contributed by atoms with Gasteiger partial charge in [-0.2, -0.15) is 0 Å². The highest BCUT2D eigenvalue weighted by Gasteiger charge is 2.41. The molecule has 0 amide bonds. The first-order valence-electron chi connectivity index (χ1n) is 8.12. The predicted octanol–water partition coefficient (Wildman–Crippen LogP) is 3.80. The second-order valence-electron chi connectivity index (χ2n) is 7.10. The molecule has 3 heteroatoms. The number of hydrogen-bond acceptors (Lipinski definition) is 3. The standard InChI is InChI=1S/C17H28N2S/c1-13(2)16-10-18-17(8-4-5-9-17)12-19(16)11-15-7-6-14(3)20-15/h6-7,13,16,18H,4-5,8-12H2,1-3H3. The normalized spacial score (nSPS) is 26.7. The molecule has 0 radical (unpaired) electrons. The van der Waals surface area contributed by atoms with Gasteiger partial charge >= 0.3 is 0 Å². The Bertz CT molecular complexity index is 446. The van der Waals surface area contributed by atoms with Crippen LogP contribution in [0.4, 0.5) is 0 Å². The van der Waals surface area contributed by atoms with Crippen LogP contribution in [0.15, 0.2) is 12.1 Å². The largest absolute Gasteiger partial charge is 0.308 e. The summed E-state index contributed by atoms with van der Waals surface area (Å²) in [4.78, 5) is 5.73. The summed E-state index contributed by atoms with van der Waals surface area (Å²) < 4.78 is 0. The molecule has 1 aromatic heterocycles. The third-order valence-electron chi connectivity index (χ3n) is 5.15. The molecule has 1 spiro atoms. The first-order chi connectivity index (χ1) is 9.58. The molecule has 1 aromatic rings. The number of aryl methyl sites for hydroxylation is 1. The van der Waals surface area contributed by atoms with Crippen molar-refractivity contribution in [2.75, 3.05) is 13.1 Å². The molecule has 3 rings (SSSR count). The summed E-state index contributed by atoms with van der Waals surface area (Å²) in [5.41, 5.74) is 0.428. The molecule has 20 heavy (non-hydrogen) atoms. The van der Waals surface area contributed by atoms with E-state index in [-0.39, 0.29) is 0 Å². The molecular weight excluding hydrogens is 264 g/mol. The third kappa shape index (κ3) is 2.95. The quantitative estimate of drug-likeness (QED) is 0.911. The molecule has 1 N–H and O–H groups in total. The zero-order valence-electron chi connectivity index (χ0n) is 13.1.